The zero-order chi connectivity index (χ0) is 26.9. The highest BCUT2D eigenvalue weighted by Crippen LogP contribution is 2.63. The van der Waals surface area contributed by atoms with Crippen molar-refractivity contribution in [3.63, 3.8) is 0 Å². The zero-order valence-electron chi connectivity index (χ0n) is 22.8. The van der Waals surface area contributed by atoms with Gasteiger partial charge in [-0.3, -0.25) is 24.4 Å². The number of carbonyl (C=O) groups is 2. The third kappa shape index (κ3) is 4.19. The number of aryl methyl sites for hydroxylation is 1. The van der Waals surface area contributed by atoms with Crippen LogP contribution in [-0.4, -0.2) is 63.7 Å². The van der Waals surface area contributed by atoms with Crippen molar-refractivity contribution in [2.24, 2.45) is 17.3 Å². The van der Waals surface area contributed by atoms with Gasteiger partial charge in [0.05, 0.1) is 28.6 Å². The third-order valence-corrected chi connectivity index (χ3v) is 10.4. The van der Waals surface area contributed by atoms with Crippen LogP contribution in [0.3, 0.4) is 0 Å². The normalized spacial score (nSPS) is 25.4. The number of pyridine rings is 1. The van der Waals surface area contributed by atoms with Crippen LogP contribution in [0.15, 0.2) is 30.5 Å². The van der Waals surface area contributed by atoms with E-state index < -0.39 is 0 Å². The van der Waals surface area contributed by atoms with E-state index in [0.717, 1.165) is 64.0 Å². The monoisotopic (exact) mass is 550 g/mol. The summed E-state index contributed by atoms with van der Waals surface area (Å²) in [4.78, 5) is 38.0. The van der Waals surface area contributed by atoms with Crippen molar-refractivity contribution in [1.82, 2.24) is 19.7 Å². The molecule has 200 valence electrons. The lowest BCUT2D eigenvalue weighted by Crippen LogP contribution is -2.51. The van der Waals surface area contributed by atoms with E-state index >= 15 is 0 Å². The fourth-order valence-electron chi connectivity index (χ4n) is 6.61. The summed E-state index contributed by atoms with van der Waals surface area (Å²) in [6.45, 7) is 16.2. The second kappa shape index (κ2) is 9.40. The lowest BCUT2D eigenvalue weighted by atomic mass is 9.95. The van der Waals surface area contributed by atoms with Gasteiger partial charge in [0.25, 0.3) is 0 Å². The van der Waals surface area contributed by atoms with E-state index in [9.17, 15) is 9.59 Å². The molecule has 3 unspecified atom stereocenters. The number of hydrogen-bond donors (Lipinski definition) is 0. The Bertz CT molecular complexity index is 1430. The minimum absolute atomic E-state index is 0.0271. The average molecular weight is 551 g/mol. The topological polar surface area (TPSA) is 56.8 Å². The molecule has 6 rings (SSSR count). The first-order valence-corrected chi connectivity index (χ1v) is 14.8. The number of nitrogens with zero attached hydrogens (tertiary/aromatic N) is 4. The first-order chi connectivity index (χ1) is 18.1. The molecule has 2 amide bonds. The van der Waals surface area contributed by atoms with Crippen molar-refractivity contribution in [2.45, 2.75) is 53.8 Å². The van der Waals surface area contributed by atoms with E-state index in [2.05, 4.69) is 53.8 Å². The largest absolute Gasteiger partial charge is 0.301 e. The van der Waals surface area contributed by atoms with E-state index in [-0.39, 0.29) is 29.1 Å². The maximum atomic E-state index is 12.9. The number of hydrogen-bond acceptors (Lipinski definition) is 6. The van der Waals surface area contributed by atoms with Gasteiger partial charge in [0.1, 0.15) is 0 Å². The van der Waals surface area contributed by atoms with Crippen molar-refractivity contribution >= 4 is 45.0 Å². The predicted octanol–water partition coefficient (Wildman–Crippen LogP) is 5.59. The van der Waals surface area contributed by atoms with Gasteiger partial charge < -0.3 is 4.90 Å². The minimum atomic E-state index is -0.193. The number of carbonyl (C=O) groups excluding carboxylic acids is 2. The lowest BCUT2D eigenvalue weighted by molar-refractivity contribution is -0.143. The van der Waals surface area contributed by atoms with Gasteiger partial charge in [-0.05, 0) is 66.8 Å². The molecule has 0 radical (unpaired) electrons. The van der Waals surface area contributed by atoms with Gasteiger partial charge in [-0.25, -0.2) is 0 Å². The highest BCUT2D eigenvalue weighted by molar-refractivity contribution is 7.19. The first-order valence-electron chi connectivity index (χ1n) is 13.6. The SMILES string of the molecule is CCN1CCN(Cc2c(C)cc(Cl)cc2-c2ccnc3cc(CN4C(=O)C5C(C4=O)C5(C)C)sc23)C(C)C1. The molecule has 1 aliphatic carbocycles. The van der Waals surface area contributed by atoms with Crippen LogP contribution in [-0.2, 0) is 22.7 Å². The Balaban J connectivity index is 1.33. The Morgan fingerprint density at radius 3 is 2.50 bits per heavy atom. The van der Waals surface area contributed by atoms with Gasteiger partial charge in [0.15, 0.2) is 0 Å². The fraction of sp³-hybridized carbons (Fsp3) is 0.500. The Morgan fingerprint density at radius 2 is 1.82 bits per heavy atom. The van der Waals surface area contributed by atoms with Crippen molar-refractivity contribution in [1.29, 1.82) is 0 Å². The molecule has 1 saturated carbocycles. The summed E-state index contributed by atoms with van der Waals surface area (Å²) in [6.07, 6.45) is 1.85. The number of likely N-dealkylation sites (N-methyl/N-ethyl adjacent to an activating group) is 1. The molecular weight excluding hydrogens is 516 g/mol. The lowest BCUT2D eigenvalue weighted by Gasteiger charge is -2.40. The number of benzene rings is 1. The van der Waals surface area contributed by atoms with E-state index in [1.54, 1.807) is 11.3 Å². The zero-order valence-corrected chi connectivity index (χ0v) is 24.3. The van der Waals surface area contributed by atoms with Gasteiger partial charge >= 0.3 is 0 Å². The van der Waals surface area contributed by atoms with E-state index in [1.807, 2.05) is 26.1 Å². The van der Waals surface area contributed by atoms with Crippen molar-refractivity contribution < 1.29 is 9.59 Å². The molecule has 3 fully saturated rings. The molecule has 1 aromatic carbocycles. The van der Waals surface area contributed by atoms with Crippen LogP contribution in [0.2, 0.25) is 5.02 Å². The number of piperidine rings is 1. The molecule has 38 heavy (non-hydrogen) atoms. The van der Waals surface area contributed by atoms with E-state index in [1.165, 1.54) is 16.0 Å². The van der Waals surface area contributed by atoms with E-state index in [0.29, 0.717) is 12.6 Å². The van der Waals surface area contributed by atoms with Crippen LogP contribution in [0.25, 0.3) is 21.3 Å². The quantitative estimate of drug-likeness (QED) is 0.374. The highest BCUT2D eigenvalue weighted by atomic mass is 35.5. The van der Waals surface area contributed by atoms with Crippen molar-refractivity contribution in [3.8, 4) is 11.1 Å². The van der Waals surface area contributed by atoms with Gasteiger partial charge in [0.2, 0.25) is 11.8 Å². The Labute approximate surface area is 233 Å². The van der Waals surface area contributed by atoms with Crippen LogP contribution in [0.5, 0.6) is 0 Å². The second-order valence-electron chi connectivity index (χ2n) is 11.8. The molecule has 0 N–H and O–H groups in total. The van der Waals surface area contributed by atoms with Crippen LogP contribution >= 0.6 is 22.9 Å². The molecule has 2 aromatic heterocycles. The first kappa shape index (κ1) is 25.9. The van der Waals surface area contributed by atoms with Crippen LogP contribution in [0.1, 0.15) is 43.7 Å². The van der Waals surface area contributed by atoms with Gasteiger partial charge in [-0.15, -0.1) is 11.3 Å². The molecule has 4 heterocycles. The molecule has 8 heteroatoms. The summed E-state index contributed by atoms with van der Waals surface area (Å²) in [5.74, 6) is -0.366. The number of halogens is 1. The number of piperazine rings is 1. The Kier molecular flexibility index (Phi) is 6.42. The second-order valence-corrected chi connectivity index (χ2v) is 13.4. The predicted molar refractivity (Wildman–Crippen MR) is 153 cm³/mol. The summed E-state index contributed by atoms with van der Waals surface area (Å²) in [5, 5.41) is 0.724. The van der Waals surface area contributed by atoms with Crippen LogP contribution in [0, 0.1) is 24.2 Å². The van der Waals surface area contributed by atoms with Crippen LogP contribution in [0.4, 0.5) is 0 Å². The molecular formula is C30H35ClN4O2S. The standard InChI is InChI=1S/C30H35ClN4O2S/c1-6-33-9-10-34(18(3)14-33)16-23-17(2)11-19(31)12-22(23)21-7-8-32-24-13-20(38-27(21)24)15-35-28(36)25-26(29(35)37)30(25,4)5/h7-8,11-13,18,25-26H,6,9-10,14-16H2,1-5H3. The maximum absolute atomic E-state index is 12.9. The van der Waals surface area contributed by atoms with Gasteiger partial charge in [-0.1, -0.05) is 32.4 Å². The van der Waals surface area contributed by atoms with Crippen LogP contribution < -0.4 is 0 Å². The smallest absolute Gasteiger partial charge is 0.234 e. The Hall–Kier alpha value is -2.32. The molecule has 2 saturated heterocycles. The van der Waals surface area contributed by atoms with E-state index in [4.69, 9.17) is 11.6 Å². The molecule has 3 atom stereocenters. The molecule has 6 nitrogen and oxygen atoms in total. The highest BCUT2D eigenvalue weighted by Gasteiger charge is 2.72. The maximum Gasteiger partial charge on any atom is 0.234 e. The van der Waals surface area contributed by atoms with Crippen molar-refractivity contribution in [2.75, 3.05) is 26.2 Å². The van der Waals surface area contributed by atoms with Gasteiger partial charge in [0, 0.05) is 53.9 Å². The molecule has 0 spiro atoms. The summed E-state index contributed by atoms with van der Waals surface area (Å²) in [7, 11) is 0. The fourth-order valence-corrected chi connectivity index (χ4v) is 8.02. The summed E-state index contributed by atoms with van der Waals surface area (Å²) >= 11 is 8.23. The molecule has 3 aromatic rings. The summed E-state index contributed by atoms with van der Waals surface area (Å²) in [5.41, 5.74) is 5.42. The van der Waals surface area contributed by atoms with Crippen molar-refractivity contribution in [3.05, 3.63) is 51.5 Å². The third-order valence-electron chi connectivity index (χ3n) is 9.05. The number of amides is 2. The number of rotatable bonds is 6. The Morgan fingerprint density at radius 1 is 1.08 bits per heavy atom. The average Bonchev–Trinajstić information content (AvgIpc) is 3.11. The number of imide groups is 1. The summed E-state index contributed by atoms with van der Waals surface area (Å²) < 4.78 is 1.07. The minimum Gasteiger partial charge on any atom is -0.301 e. The molecule has 2 aliphatic heterocycles. The summed E-state index contributed by atoms with van der Waals surface area (Å²) in [6, 6.07) is 8.71. The number of likely N-dealkylation sites (tertiary alicyclic amines) is 1. The number of aromatic nitrogens is 1. The molecule has 3 aliphatic rings. The molecule has 0 bridgehead atoms. The number of fused-ring (bicyclic) bond motifs is 2. The number of thiophene rings is 1. The van der Waals surface area contributed by atoms with Gasteiger partial charge in [-0.2, -0.15) is 0 Å².